The van der Waals surface area contributed by atoms with E-state index in [0.717, 1.165) is 5.56 Å². The van der Waals surface area contributed by atoms with Crippen molar-refractivity contribution in [3.8, 4) is 0 Å². The molecule has 2 N–H and O–H groups in total. The average Bonchev–Trinajstić information content (AvgIpc) is 2.99. The zero-order valence-corrected chi connectivity index (χ0v) is 13.7. The van der Waals surface area contributed by atoms with E-state index in [0.29, 0.717) is 34.4 Å². The molecule has 0 saturated carbocycles. The number of amides is 1. The van der Waals surface area contributed by atoms with Crippen molar-refractivity contribution in [2.24, 2.45) is 0 Å². The van der Waals surface area contributed by atoms with E-state index in [1.165, 1.54) is 6.20 Å². The maximum Gasteiger partial charge on any atom is 0.253 e. The Bertz CT molecular complexity index is 863. The fourth-order valence-electron chi connectivity index (χ4n) is 2.12. The van der Waals surface area contributed by atoms with Crippen molar-refractivity contribution in [2.45, 2.75) is 13.5 Å². The first kappa shape index (κ1) is 16.0. The molecule has 0 aliphatic carbocycles. The molecule has 2 heterocycles. The number of hydrogen-bond acceptors (Lipinski definition) is 5. The van der Waals surface area contributed by atoms with Gasteiger partial charge in [0.05, 0.1) is 17.4 Å². The Kier molecular flexibility index (Phi) is 4.77. The van der Waals surface area contributed by atoms with E-state index in [2.05, 4.69) is 20.8 Å². The van der Waals surface area contributed by atoms with Crippen molar-refractivity contribution in [3.05, 3.63) is 70.7 Å². The summed E-state index contributed by atoms with van der Waals surface area (Å²) in [4.78, 5) is 16.4. The predicted octanol–water partition coefficient (Wildman–Crippen LogP) is 3.71. The summed E-state index contributed by atoms with van der Waals surface area (Å²) in [7, 11) is 0. The van der Waals surface area contributed by atoms with E-state index in [4.69, 9.17) is 16.1 Å². The number of aromatic nitrogens is 2. The number of pyridine rings is 1. The molecule has 24 heavy (non-hydrogen) atoms. The number of nitrogens with one attached hydrogen (secondary N) is 2. The minimum absolute atomic E-state index is 0.234. The molecule has 0 saturated heterocycles. The van der Waals surface area contributed by atoms with Crippen LogP contribution in [-0.2, 0) is 6.54 Å². The number of aryl methyl sites for hydroxylation is 1. The minimum atomic E-state index is -0.234. The highest BCUT2D eigenvalue weighted by molar-refractivity contribution is 6.31. The number of rotatable bonds is 5. The highest BCUT2D eigenvalue weighted by Gasteiger charge is 2.09. The maximum atomic E-state index is 12.3. The number of nitrogens with zero attached hydrogens (tertiary/aromatic N) is 2. The average molecular weight is 343 g/mol. The lowest BCUT2D eigenvalue weighted by Crippen LogP contribution is -2.23. The molecule has 3 rings (SSSR count). The van der Waals surface area contributed by atoms with Gasteiger partial charge in [0.1, 0.15) is 5.76 Å². The summed E-state index contributed by atoms with van der Waals surface area (Å²) in [5.74, 6) is 1.02. The van der Waals surface area contributed by atoms with Gasteiger partial charge in [-0.25, -0.2) is 0 Å². The van der Waals surface area contributed by atoms with Crippen LogP contribution in [-0.4, -0.2) is 16.0 Å². The lowest BCUT2D eigenvalue weighted by atomic mass is 10.2. The van der Waals surface area contributed by atoms with Gasteiger partial charge in [-0.2, -0.15) is 0 Å². The Balaban J connectivity index is 1.67. The molecule has 2 aromatic heterocycles. The van der Waals surface area contributed by atoms with Gasteiger partial charge in [-0.1, -0.05) is 35.0 Å². The molecule has 122 valence electrons. The molecule has 1 aromatic carbocycles. The molecular weight excluding hydrogens is 328 g/mol. The lowest BCUT2D eigenvalue weighted by molar-refractivity contribution is 0.0950. The smallest absolute Gasteiger partial charge is 0.253 e. The van der Waals surface area contributed by atoms with Crippen LogP contribution >= 0.6 is 11.6 Å². The van der Waals surface area contributed by atoms with Gasteiger partial charge in [-0.05, 0) is 24.6 Å². The molecule has 0 radical (unpaired) electrons. The lowest BCUT2D eigenvalue weighted by Gasteiger charge is -2.08. The largest absolute Gasteiger partial charge is 0.360 e. The Morgan fingerprint density at radius 1 is 1.25 bits per heavy atom. The molecule has 1 amide bonds. The van der Waals surface area contributed by atoms with Gasteiger partial charge in [0.15, 0.2) is 5.82 Å². The zero-order valence-electron chi connectivity index (χ0n) is 12.9. The van der Waals surface area contributed by atoms with Crippen LogP contribution in [0.2, 0.25) is 5.02 Å². The van der Waals surface area contributed by atoms with Crippen LogP contribution in [0.4, 0.5) is 11.5 Å². The molecule has 0 spiro atoms. The van der Waals surface area contributed by atoms with Gasteiger partial charge in [0.2, 0.25) is 0 Å². The Morgan fingerprint density at radius 2 is 2.08 bits per heavy atom. The van der Waals surface area contributed by atoms with Crippen molar-refractivity contribution in [1.29, 1.82) is 0 Å². The van der Waals surface area contributed by atoms with Gasteiger partial charge in [-0.3, -0.25) is 9.78 Å². The Labute approximate surface area is 143 Å². The molecule has 0 bridgehead atoms. The molecule has 0 atom stereocenters. The van der Waals surface area contributed by atoms with Crippen LogP contribution in [0, 0.1) is 6.92 Å². The van der Waals surface area contributed by atoms with E-state index in [9.17, 15) is 4.79 Å². The van der Waals surface area contributed by atoms with Gasteiger partial charge >= 0.3 is 0 Å². The zero-order chi connectivity index (χ0) is 16.9. The first-order valence-corrected chi connectivity index (χ1v) is 7.66. The first-order valence-electron chi connectivity index (χ1n) is 7.29. The standard InChI is InChI=1S/C17H15ClN4O2/c1-11-6-16(22-24-11)21-14-7-13(8-19-10-14)17(23)20-9-12-4-2-3-5-15(12)18/h2-8,10H,9H2,1H3,(H,20,23)(H,21,22). The van der Waals surface area contributed by atoms with Gasteiger partial charge in [0, 0.05) is 23.8 Å². The molecule has 7 heteroatoms. The topological polar surface area (TPSA) is 80.0 Å². The third kappa shape index (κ3) is 3.91. The molecule has 6 nitrogen and oxygen atoms in total. The SMILES string of the molecule is Cc1cc(Nc2cncc(C(=O)NCc3ccccc3Cl)c2)no1. The second kappa shape index (κ2) is 7.14. The molecular formula is C17H15ClN4O2. The van der Waals surface area contributed by atoms with Crippen LogP contribution in [0.3, 0.4) is 0 Å². The summed E-state index contributed by atoms with van der Waals surface area (Å²) in [6.07, 6.45) is 3.11. The normalized spacial score (nSPS) is 10.4. The monoisotopic (exact) mass is 342 g/mol. The fourth-order valence-corrected chi connectivity index (χ4v) is 2.33. The predicted molar refractivity (Wildman–Crippen MR) is 91.4 cm³/mol. The van der Waals surface area contributed by atoms with E-state index in [-0.39, 0.29) is 5.91 Å². The van der Waals surface area contributed by atoms with Crippen LogP contribution < -0.4 is 10.6 Å². The number of hydrogen-bond donors (Lipinski definition) is 2. The van der Waals surface area contributed by atoms with Crippen LogP contribution in [0.5, 0.6) is 0 Å². The number of anilines is 2. The molecule has 0 unspecified atom stereocenters. The Morgan fingerprint density at radius 3 is 2.83 bits per heavy atom. The van der Waals surface area contributed by atoms with Crippen molar-refractivity contribution in [3.63, 3.8) is 0 Å². The minimum Gasteiger partial charge on any atom is -0.360 e. The van der Waals surface area contributed by atoms with Crippen molar-refractivity contribution < 1.29 is 9.32 Å². The van der Waals surface area contributed by atoms with Crippen LogP contribution in [0.15, 0.2) is 53.3 Å². The van der Waals surface area contributed by atoms with Crippen molar-refractivity contribution in [2.75, 3.05) is 5.32 Å². The first-order chi connectivity index (χ1) is 11.6. The third-order valence-electron chi connectivity index (χ3n) is 3.30. The maximum absolute atomic E-state index is 12.3. The summed E-state index contributed by atoms with van der Waals surface area (Å²) in [6, 6.07) is 10.8. The van der Waals surface area contributed by atoms with Crippen molar-refractivity contribution in [1.82, 2.24) is 15.5 Å². The summed E-state index contributed by atoms with van der Waals surface area (Å²) in [5.41, 5.74) is 1.94. The molecule has 0 aliphatic rings. The second-order valence-electron chi connectivity index (χ2n) is 5.18. The van der Waals surface area contributed by atoms with Gasteiger partial charge in [-0.15, -0.1) is 0 Å². The highest BCUT2D eigenvalue weighted by Crippen LogP contribution is 2.17. The summed E-state index contributed by atoms with van der Waals surface area (Å²) >= 11 is 6.08. The number of carbonyl (C=O) groups excluding carboxylic acids is 1. The highest BCUT2D eigenvalue weighted by atomic mass is 35.5. The summed E-state index contributed by atoms with van der Waals surface area (Å²) in [5, 5.41) is 10.3. The fraction of sp³-hybridized carbons (Fsp3) is 0.118. The van der Waals surface area contributed by atoms with Crippen molar-refractivity contribution >= 4 is 29.0 Å². The summed E-state index contributed by atoms with van der Waals surface area (Å²) in [6.45, 7) is 2.15. The Hall–Kier alpha value is -2.86. The van der Waals surface area contributed by atoms with Crippen LogP contribution in [0.1, 0.15) is 21.7 Å². The quantitative estimate of drug-likeness (QED) is 0.739. The summed E-state index contributed by atoms with van der Waals surface area (Å²) < 4.78 is 4.99. The second-order valence-corrected chi connectivity index (χ2v) is 5.59. The molecule has 0 fully saturated rings. The molecule has 3 aromatic rings. The van der Waals surface area contributed by atoms with Crippen LogP contribution in [0.25, 0.3) is 0 Å². The van der Waals surface area contributed by atoms with E-state index < -0.39 is 0 Å². The number of benzene rings is 1. The number of halogens is 1. The van der Waals surface area contributed by atoms with E-state index in [1.54, 1.807) is 31.3 Å². The van der Waals surface area contributed by atoms with Gasteiger partial charge < -0.3 is 15.2 Å². The van der Waals surface area contributed by atoms with Gasteiger partial charge in [0.25, 0.3) is 5.91 Å². The third-order valence-corrected chi connectivity index (χ3v) is 3.67. The number of carbonyl (C=O) groups is 1. The van der Waals surface area contributed by atoms with E-state index in [1.807, 2.05) is 18.2 Å². The molecule has 0 aliphatic heterocycles. The van der Waals surface area contributed by atoms with E-state index >= 15 is 0 Å².